The van der Waals surface area contributed by atoms with Crippen molar-refractivity contribution >= 4 is 27.5 Å². The summed E-state index contributed by atoms with van der Waals surface area (Å²) in [6, 6.07) is -1.60. The average Bonchev–Trinajstić information content (AvgIpc) is 2.76. The zero-order valence-electron chi connectivity index (χ0n) is 22.0. The number of ether oxygens (including phenoxy) is 2. The number of hydrogen-bond acceptors (Lipinski definition) is 11. The Bertz CT molecular complexity index is 910. The summed E-state index contributed by atoms with van der Waals surface area (Å²) in [6.45, 7) is 6.89. The quantitative estimate of drug-likeness (QED) is 0.110. The number of carbonyl (C=O) groups is 2. The van der Waals surface area contributed by atoms with Gasteiger partial charge in [-0.25, -0.2) is 13.9 Å². The van der Waals surface area contributed by atoms with E-state index in [1.807, 2.05) is 20.8 Å². The summed E-state index contributed by atoms with van der Waals surface area (Å²) in [4.78, 5) is 43.1. The monoisotopic (exact) mass is 591 g/mol. The van der Waals surface area contributed by atoms with E-state index in [2.05, 4.69) is 15.7 Å². The number of hydrogen-bond donors (Lipinski definition) is 6. The maximum Gasteiger partial charge on any atom is 0.483 e. The summed E-state index contributed by atoms with van der Waals surface area (Å²) in [6.07, 6.45) is -4.32. The second kappa shape index (κ2) is 15.5. The number of aliphatic carboxylic acids is 1. The minimum Gasteiger partial charge on any atom is -0.479 e. The van der Waals surface area contributed by atoms with E-state index in [1.54, 1.807) is 0 Å². The van der Waals surface area contributed by atoms with Crippen LogP contribution in [0.3, 0.4) is 0 Å². The fourth-order valence-electron chi connectivity index (χ4n) is 3.48. The Balaban J connectivity index is 2.94. The van der Waals surface area contributed by atoms with Gasteiger partial charge in [0.15, 0.2) is 12.4 Å². The van der Waals surface area contributed by atoms with Gasteiger partial charge >= 0.3 is 21.6 Å². The molecule has 7 unspecified atom stereocenters. The number of aliphatic hydroxyl groups excluding tert-OH is 2. The molecule has 0 aromatic heterocycles. The van der Waals surface area contributed by atoms with E-state index in [1.165, 1.54) is 0 Å². The molecule has 15 nitrogen and oxygen atoms in total. The van der Waals surface area contributed by atoms with Gasteiger partial charge in [0.2, 0.25) is 5.91 Å². The van der Waals surface area contributed by atoms with Crippen molar-refractivity contribution < 1.29 is 66.7 Å². The number of phosphoric acid groups is 2. The number of nitrogens with one attached hydrogen (secondary N) is 1. The normalized spacial score (nSPS) is 28.4. The largest absolute Gasteiger partial charge is 0.483 e. The number of allylic oxidation sites excluding steroid dienone is 2. The van der Waals surface area contributed by atoms with Crippen molar-refractivity contribution in [1.82, 2.24) is 5.32 Å². The molecule has 222 valence electrons. The molecule has 0 radical (unpaired) electrons. The number of carboxylic acids is 1. The van der Waals surface area contributed by atoms with Crippen LogP contribution >= 0.6 is 15.6 Å². The number of aliphatic hydroxyl groups is 2. The van der Waals surface area contributed by atoms with E-state index in [0.29, 0.717) is 6.42 Å². The Hall–Kier alpha value is -1.22. The van der Waals surface area contributed by atoms with Crippen molar-refractivity contribution in [3.63, 3.8) is 0 Å². The molecule has 6 N–H and O–H groups in total. The maximum absolute atomic E-state index is 12.6. The zero-order chi connectivity index (χ0) is 29.3. The predicted molar refractivity (Wildman–Crippen MR) is 132 cm³/mol. The van der Waals surface area contributed by atoms with E-state index in [0.717, 1.165) is 32.3 Å². The van der Waals surface area contributed by atoms with Gasteiger partial charge in [0.25, 0.3) is 0 Å². The minimum atomic E-state index is -5.45. The van der Waals surface area contributed by atoms with E-state index >= 15 is 0 Å². The van der Waals surface area contributed by atoms with Crippen molar-refractivity contribution in [2.75, 3.05) is 13.2 Å². The lowest BCUT2D eigenvalue weighted by Gasteiger charge is -2.44. The molecule has 9 atom stereocenters. The lowest BCUT2D eigenvalue weighted by molar-refractivity contribution is -0.262. The topological polar surface area (TPSA) is 228 Å². The van der Waals surface area contributed by atoms with Crippen molar-refractivity contribution in [2.45, 2.75) is 90.6 Å². The molecule has 38 heavy (non-hydrogen) atoms. The first-order valence-corrected chi connectivity index (χ1v) is 14.9. The molecule has 1 fully saturated rings. The number of carboxylic acid groups (broad SMARTS) is 1. The Labute approximate surface area is 221 Å². The van der Waals surface area contributed by atoms with Gasteiger partial charge < -0.3 is 39.9 Å². The van der Waals surface area contributed by atoms with Crippen LogP contribution in [0.1, 0.15) is 53.9 Å². The van der Waals surface area contributed by atoms with Gasteiger partial charge in [0.05, 0.1) is 13.2 Å². The first-order chi connectivity index (χ1) is 17.5. The first kappa shape index (κ1) is 34.8. The summed E-state index contributed by atoms with van der Waals surface area (Å²) < 4.78 is 49.4. The molecule has 1 rings (SSSR count). The Morgan fingerprint density at radius 2 is 1.74 bits per heavy atom. The number of carbonyl (C=O) groups excluding carboxylic acids is 1. The molecule has 0 spiro atoms. The summed E-state index contributed by atoms with van der Waals surface area (Å²) in [7, 11) is -10.6. The Morgan fingerprint density at radius 1 is 1.11 bits per heavy atom. The van der Waals surface area contributed by atoms with Gasteiger partial charge in [-0.05, 0) is 46.0 Å². The van der Waals surface area contributed by atoms with Crippen molar-refractivity contribution in [2.24, 2.45) is 5.92 Å². The molecule has 1 heterocycles. The predicted octanol–water partition coefficient (Wildman–Crippen LogP) is 1.45. The van der Waals surface area contributed by atoms with Crippen LogP contribution in [0, 0.1) is 5.92 Å². The van der Waals surface area contributed by atoms with Crippen molar-refractivity contribution in [1.29, 1.82) is 0 Å². The van der Waals surface area contributed by atoms with Crippen LogP contribution in [0.2, 0.25) is 0 Å². The van der Waals surface area contributed by atoms with Gasteiger partial charge in [-0.15, -0.1) is 0 Å². The summed E-state index contributed by atoms with van der Waals surface area (Å²) in [5, 5.41) is 31.4. The molecule has 0 saturated carbocycles. The van der Waals surface area contributed by atoms with Crippen molar-refractivity contribution in [3.05, 3.63) is 11.6 Å². The van der Waals surface area contributed by atoms with Crippen LogP contribution < -0.4 is 5.32 Å². The number of phosphoric ester groups is 2. The fourth-order valence-corrected chi connectivity index (χ4v) is 5.64. The smallest absolute Gasteiger partial charge is 0.479 e. The molecule has 1 saturated heterocycles. The highest BCUT2D eigenvalue weighted by Gasteiger charge is 2.51. The van der Waals surface area contributed by atoms with Crippen molar-refractivity contribution in [3.8, 4) is 0 Å². The molecule has 0 bridgehead atoms. The SMILES string of the molecule is CC(=O)NC1C(OP(=O)(O)OP(=O)(O)OCC[C@H](C)CCC=C(C)C)OC(CO)C(O)C1O[C@H](C)C(=O)O. The van der Waals surface area contributed by atoms with E-state index in [-0.39, 0.29) is 12.5 Å². The van der Waals surface area contributed by atoms with E-state index in [4.69, 9.17) is 23.6 Å². The molecule has 0 aliphatic carbocycles. The van der Waals surface area contributed by atoms with Gasteiger partial charge in [-0.1, -0.05) is 18.6 Å². The van der Waals surface area contributed by atoms with Crippen LogP contribution in [0.4, 0.5) is 0 Å². The van der Waals surface area contributed by atoms with Gasteiger partial charge in [-0.3, -0.25) is 13.8 Å². The van der Waals surface area contributed by atoms with Crippen LogP contribution in [-0.2, 0) is 41.6 Å². The van der Waals surface area contributed by atoms with Crippen LogP contribution in [0.5, 0.6) is 0 Å². The molecular weight excluding hydrogens is 552 g/mol. The summed E-state index contributed by atoms with van der Waals surface area (Å²) >= 11 is 0. The van der Waals surface area contributed by atoms with Gasteiger partial charge in [0.1, 0.15) is 24.4 Å². The highest BCUT2D eigenvalue weighted by atomic mass is 31.3. The van der Waals surface area contributed by atoms with Crippen LogP contribution in [0.15, 0.2) is 11.6 Å². The highest BCUT2D eigenvalue weighted by Crippen LogP contribution is 2.61. The molecule has 17 heteroatoms. The first-order valence-electron chi connectivity index (χ1n) is 11.9. The van der Waals surface area contributed by atoms with Crippen LogP contribution in [0.25, 0.3) is 0 Å². The summed E-state index contributed by atoms with van der Waals surface area (Å²) in [5.41, 5.74) is 1.16. The number of amides is 1. The molecule has 1 amide bonds. The van der Waals surface area contributed by atoms with E-state index < -0.39 is 70.9 Å². The zero-order valence-corrected chi connectivity index (χ0v) is 23.7. The Morgan fingerprint density at radius 3 is 2.26 bits per heavy atom. The Kier molecular flexibility index (Phi) is 14.2. The maximum atomic E-state index is 12.6. The summed E-state index contributed by atoms with van der Waals surface area (Å²) in [5.74, 6) is -2.06. The molecule has 1 aliphatic heterocycles. The molecular formula is C21H39NO14P2. The molecule has 0 aromatic carbocycles. The lowest BCUT2D eigenvalue weighted by atomic mass is 9.96. The standard InChI is InChI=1S/C21H39NO14P2/c1-12(2)7-6-8-13(3)9-10-32-37(28,29)36-38(30,31)35-21-17(22-15(5)24)19(33-14(4)20(26)27)18(25)16(11-23)34-21/h7,13-14,16-19,21,23,25H,6,8-11H2,1-5H3,(H,22,24)(H,26,27)(H,28,29)(H,30,31)/t13-,14-,16?,17?,18?,19?,21?/m1/s1. The van der Waals surface area contributed by atoms with E-state index in [9.17, 15) is 38.7 Å². The third-order valence-electron chi connectivity index (χ3n) is 5.45. The lowest BCUT2D eigenvalue weighted by Crippen LogP contribution is -2.65. The minimum absolute atomic E-state index is 0.115. The van der Waals surface area contributed by atoms with Gasteiger partial charge in [0, 0.05) is 6.92 Å². The molecule has 0 aromatic rings. The highest BCUT2D eigenvalue weighted by molar-refractivity contribution is 7.61. The molecule has 1 aliphatic rings. The fraction of sp³-hybridized carbons (Fsp3) is 0.810. The van der Waals surface area contributed by atoms with Crippen LogP contribution in [-0.4, -0.2) is 86.9 Å². The third-order valence-corrected chi connectivity index (χ3v) is 8.09. The van der Waals surface area contributed by atoms with Gasteiger partial charge in [-0.2, -0.15) is 4.31 Å². The second-order valence-electron chi connectivity index (χ2n) is 9.23. The second-order valence-corrected chi connectivity index (χ2v) is 12.2. The average molecular weight is 591 g/mol. The third kappa shape index (κ3) is 12.3. The number of rotatable bonds is 16.